The van der Waals surface area contributed by atoms with Gasteiger partial charge in [-0.2, -0.15) is 9.78 Å². The van der Waals surface area contributed by atoms with E-state index >= 15 is 0 Å². The molecule has 0 unspecified atom stereocenters. The SMILES string of the molecule is CC(C)(C)c1ccc(-c2nnc3n2N=C(c2ccccc2O)CS3)cc1. The number of hydrogen-bond acceptors (Lipinski definition) is 5. The second kappa shape index (κ2) is 6.29. The molecule has 3 aromatic rings. The Hall–Kier alpha value is -2.60. The number of benzene rings is 2. The first-order chi connectivity index (χ1) is 12.4. The molecule has 0 radical (unpaired) electrons. The van der Waals surface area contributed by atoms with E-state index in [1.807, 2.05) is 18.2 Å². The fourth-order valence-electron chi connectivity index (χ4n) is 2.88. The summed E-state index contributed by atoms with van der Waals surface area (Å²) in [6.45, 7) is 6.58. The second-order valence-electron chi connectivity index (χ2n) is 7.30. The summed E-state index contributed by atoms with van der Waals surface area (Å²) in [6, 6.07) is 15.6. The van der Waals surface area contributed by atoms with Gasteiger partial charge in [0.05, 0.1) is 5.71 Å². The molecule has 5 nitrogen and oxygen atoms in total. The largest absolute Gasteiger partial charge is 0.507 e. The maximum Gasteiger partial charge on any atom is 0.212 e. The lowest BCUT2D eigenvalue weighted by atomic mass is 9.87. The lowest BCUT2D eigenvalue weighted by molar-refractivity contribution is 0.474. The summed E-state index contributed by atoms with van der Waals surface area (Å²) in [6.07, 6.45) is 0. The predicted octanol–water partition coefficient (Wildman–Crippen LogP) is 4.31. The van der Waals surface area contributed by atoms with Crippen LogP contribution in [0.3, 0.4) is 0 Å². The van der Waals surface area contributed by atoms with Gasteiger partial charge < -0.3 is 5.11 Å². The zero-order valence-corrected chi connectivity index (χ0v) is 15.8. The van der Waals surface area contributed by atoms with Crippen LogP contribution in [0, 0.1) is 0 Å². The highest BCUT2D eigenvalue weighted by molar-refractivity contribution is 7.99. The monoisotopic (exact) mass is 364 g/mol. The van der Waals surface area contributed by atoms with Gasteiger partial charge in [-0.25, -0.2) is 0 Å². The van der Waals surface area contributed by atoms with Crippen LogP contribution in [0.15, 0.2) is 58.8 Å². The molecular weight excluding hydrogens is 344 g/mol. The number of hydrogen-bond donors (Lipinski definition) is 1. The number of phenolic OH excluding ortho intramolecular Hbond substituents is 1. The first kappa shape index (κ1) is 16.8. The molecular formula is C20H20N4OS. The fourth-order valence-corrected chi connectivity index (χ4v) is 3.70. The van der Waals surface area contributed by atoms with E-state index in [9.17, 15) is 5.11 Å². The average molecular weight is 364 g/mol. The van der Waals surface area contributed by atoms with Gasteiger partial charge in [0.2, 0.25) is 5.16 Å². The number of para-hydroxylation sites is 1. The molecule has 1 N–H and O–H groups in total. The number of nitrogens with zero attached hydrogens (tertiary/aromatic N) is 4. The number of aromatic hydroxyl groups is 1. The van der Waals surface area contributed by atoms with Gasteiger partial charge in [0, 0.05) is 16.9 Å². The minimum Gasteiger partial charge on any atom is -0.507 e. The van der Waals surface area contributed by atoms with Crippen molar-refractivity contribution >= 4 is 17.5 Å². The maximum atomic E-state index is 10.1. The Morgan fingerprint density at radius 3 is 2.42 bits per heavy atom. The third-order valence-corrected chi connectivity index (χ3v) is 5.33. The summed E-state index contributed by atoms with van der Waals surface area (Å²) in [5, 5.41) is 24.2. The van der Waals surface area contributed by atoms with E-state index in [2.05, 4.69) is 55.2 Å². The van der Waals surface area contributed by atoms with Crippen LogP contribution in [0.5, 0.6) is 5.75 Å². The van der Waals surface area contributed by atoms with E-state index in [4.69, 9.17) is 5.10 Å². The molecule has 0 atom stereocenters. The van der Waals surface area contributed by atoms with Crippen molar-refractivity contribution in [3.8, 4) is 17.1 Å². The normalized spacial score (nSPS) is 14.0. The molecule has 2 aromatic carbocycles. The Labute approximate surface area is 156 Å². The Morgan fingerprint density at radius 1 is 1.00 bits per heavy atom. The highest BCUT2D eigenvalue weighted by atomic mass is 32.2. The van der Waals surface area contributed by atoms with Gasteiger partial charge in [0.1, 0.15) is 5.75 Å². The van der Waals surface area contributed by atoms with E-state index < -0.39 is 0 Å². The van der Waals surface area contributed by atoms with Crippen molar-refractivity contribution in [3.63, 3.8) is 0 Å². The lowest BCUT2D eigenvalue weighted by Gasteiger charge is -2.19. The van der Waals surface area contributed by atoms with Crippen LogP contribution in [0.25, 0.3) is 11.4 Å². The molecule has 0 saturated carbocycles. The third kappa shape index (κ3) is 3.01. The van der Waals surface area contributed by atoms with Crippen molar-refractivity contribution in [2.45, 2.75) is 31.3 Å². The third-order valence-electron chi connectivity index (χ3n) is 4.39. The van der Waals surface area contributed by atoms with Crippen molar-refractivity contribution in [2.24, 2.45) is 5.10 Å². The Bertz CT molecular complexity index is 984. The summed E-state index contributed by atoms with van der Waals surface area (Å²) in [5.74, 6) is 1.60. The molecule has 2 heterocycles. The fraction of sp³-hybridized carbons (Fsp3) is 0.250. The average Bonchev–Trinajstić information content (AvgIpc) is 3.04. The molecule has 0 aliphatic carbocycles. The van der Waals surface area contributed by atoms with Crippen molar-refractivity contribution in [1.29, 1.82) is 0 Å². The van der Waals surface area contributed by atoms with Crippen LogP contribution < -0.4 is 0 Å². The summed E-state index contributed by atoms with van der Waals surface area (Å²) in [7, 11) is 0. The highest BCUT2D eigenvalue weighted by Gasteiger charge is 2.22. The van der Waals surface area contributed by atoms with Gasteiger partial charge in [-0.1, -0.05) is 68.9 Å². The van der Waals surface area contributed by atoms with E-state index in [0.717, 1.165) is 22.0 Å². The van der Waals surface area contributed by atoms with Gasteiger partial charge in [0.25, 0.3) is 0 Å². The standard InChI is InChI=1S/C20H20N4OS/c1-20(2,3)14-10-8-13(9-11-14)18-21-22-19-24(18)23-16(12-26-19)15-6-4-5-7-17(15)25/h4-11,25H,12H2,1-3H3. The molecule has 132 valence electrons. The zero-order valence-electron chi connectivity index (χ0n) is 15.0. The van der Waals surface area contributed by atoms with Crippen LogP contribution >= 0.6 is 11.8 Å². The highest BCUT2D eigenvalue weighted by Crippen LogP contribution is 2.31. The Balaban J connectivity index is 1.75. The smallest absolute Gasteiger partial charge is 0.212 e. The Kier molecular flexibility index (Phi) is 4.07. The topological polar surface area (TPSA) is 63.3 Å². The second-order valence-corrected chi connectivity index (χ2v) is 8.24. The molecule has 0 spiro atoms. The van der Waals surface area contributed by atoms with Gasteiger partial charge >= 0.3 is 0 Å². The van der Waals surface area contributed by atoms with Crippen molar-refractivity contribution in [2.75, 3.05) is 5.75 Å². The van der Waals surface area contributed by atoms with Gasteiger partial charge in [0.15, 0.2) is 5.82 Å². The van der Waals surface area contributed by atoms with Crippen molar-refractivity contribution in [3.05, 3.63) is 59.7 Å². The molecule has 0 amide bonds. The van der Waals surface area contributed by atoms with Crippen LogP contribution in [0.1, 0.15) is 31.9 Å². The number of thioether (sulfide) groups is 1. The van der Waals surface area contributed by atoms with Crippen molar-refractivity contribution in [1.82, 2.24) is 14.9 Å². The molecule has 0 bridgehead atoms. The van der Waals surface area contributed by atoms with Gasteiger partial charge in [-0.05, 0) is 23.1 Å². The summed E-state index contributed by atoms with van der Waals surface area (Å²) >= 11 is 1.57. The van der Waals surface area contributed by atoms with Crippen LogP contribution in [0.4, 0.5) is 0 Å². The van der Waals surface area contributed by atoms with E-state index in [1.165, 1.54) is 5.56 Å². The molecule has 0 saturated heterocycles. The molecule has 1 aliphatic heterocycles. The van der Waals surface area contributed by atoms with E-state index in [0.29, 0.717) is 11.6 Å². The van der Waals surface area contributed by atoms with Gasteiger partial charge in [-0.3, -0.25) is 0 Å². The summed E-state index contributed by atoms with van der Waals surface area (Å²) in [4.78, 5) is 0. The van der Waals surface area contributed by atoms with Crippen LogP contribution in [-0.4, -0.2) is 31.4 Å². The van der Waals surface area contributed by atoms with Gasteiger partial charge in [-0.15, -0.1) is 10.2 Å². The van der Waals surface area contributed by atoms with Crippen LogP contribution in [0.2, 0.25) is 0 Å². The maximum absolute atomic E-state index is 10.1. The first-order valence-electron chi connectivity index (χ1n) is 8.49. The molecule has 1 aromatic heterocycles. The van der Waals surface area contributed by atoms with E-state index in [-0.39, 0.29) is 11.2 Å². The molecule has 1 aliphatic rings. The molecule has 4 rings (SSSR count). The zero-order chi connectivity index (χ0) is 18.3. The minimum absolute atomic E-state index is 0.106. The lowest BCUT2D eigenvalue weighted by Crippen LogP contribution is -2.14. The Morgan fingerprint density at radius 2 is 1.73 bits per heavy atom. The van der Waals surface area contributed by atoms with E-state index in [1.54, 1.807) is 22.5 Å². The first-order valence-corrected chi connectivity index (χ1v) is 9.47. The molecule has 0 fully saturated rings. The molecule has 6 heteroatoms. The number of aromatic nitrogens is 3. The number of fused-ring (bicyclic) bond motifs is 1. The van der Waals surface area contributed by atoms with Crippen LogP contribution in [-0.2, 0) is 5.41 Å². The quantitative estimate of drug-likeness (QED) is 0.736. The summed E-state index contributed by atoms with van der Waals surface area (Å²) in [5.41, 5.74) is 3.91. The minimum atomic E-state index is 0.106. The number of phenols is 1. The molecule has 26 heavy (non-hydrogen) atoms. The predicted molar refractivity (Wildman–Crippen MR) is 105 cm³/mol. The van der Waals surface area contributed by atoms with Crippen molar-refractivity contribution < 1.29 is 5.11 Å². The number of rotatable bonds is 2. The summed E-state index contributed by atoms with van der Waals surface area (Å²) < 4.78 is 1.77.